The molecule has 2 heterocycles. The fourth-order valence-electron chi connectivity index (χ4n) is 2.94. The van der Waals surface area contributed by atoms with Crippen LogP contribution in [-0.4, -0.2) is 46.9 Å². The maximum absolute atomic E-state index is 11.4. The third-order valence-corrected chi connectivity index (χ3v) is 3.61. The van der Waals surface area contributed by atoms with E-state index in [-0.39, 0.29) is 11.4 Å². The molecular weight excluding hydrogens is 176 g/mol. The van der Waals surface area contributed by atoms with Crippen molar-refractivity contribution in [2.75, 3.05) is 19.6 Å². The number of hydrogen-bond acceptors (Lipinski definition) is 2. The molecule has 0 aromatic carbocycles. The molecule has 2 aliphatic heterocycles. The van der Waals surface area contributed by atoms with Gasteiger partial charge in [0.25, 0.3) is 0 Å². The molecule has 2 fully saturated rings. The van der Waals surface area contributed by atoms with Gasteiger partial charge in [-0.3, -0.25) is 9.69 Å². The zero-order valence-electron chi connectivity index (χ0n) is 9.42. The van der Waals surface area contributed by atoms with Gasteiger partial charge < -0.3 is 4.90 Å². The summed E-state index contributed by atoms with van der Waals surface area (Å²) in [6, 6.07) is 0.614. The van der Waals surface area contributed by atoms with Crippen LogP contribution >= 0.6 is 0 Å². The van der Waals surface area contributed by atoms with E-state index < -0.39 is 0 Å². The van der Waals surface area contributed by atoms with Crippen LogP contribution in [0.5, 0.6) is 0 Å². The molecule has 2 rings (SSSR count). The van der Waals surface area contributed by atoms with Gasteiger partial charge in [-0.25, -0.2) is 0 Å². The topological polar surface area (TPSA) is 23.6 Å². The van der Waals surface area contributed by atoms with Crippen molar-refractivity contribution in [3.8, 4) is 0 Å². The average Bonchev–Trinajstić information content (AvgIpc) is 2.51. The van der Waals surface area contributed by atoms with E-state index in [4.69, 9.17) is 0 Å². The van der Waals surface area contributed by atoms with Gasteiger partial charge in [0.2, 0.25) is 5.91 Å². The smallest absolute Gasteiger partial charge is 0.219 e. The predicted molar refractivity (Wildman–Crippen MR) is 56.1 cm³/mol. The first-order chi connectivity index (χ1) is 6.50. The summed E-state index contributed by atoms with van der Waals surface area (Å²) in [4.78, 5) is 16.0. The van der Waals surface area contributed by atoms with Crippen molar-refractivity contribution in [2.24, 2.45) is 0 Å². The standard InChI is InChI=1S/C11H20N2O/c1-9(14)12-7-10-5-4-6-13(10)11(2,3)8-12/h10H,4-8H2,1-3H3. The van der Waals surface area contributed by atoms with E-state index in [1.165, 1.54) is 19.4 Å². The van der Waals surface area contributed by atoms with Gasteiger partial charge in [-0.05, 0) is 33.2 Å². The lowest BCUT2D eigenvalue weighted by atomic mass is 9.96. The molecule has 0 bridgehead atoms. The lowest BCUT2D eigenvalue weighted by Gasteiger charge is -2.48. The van der Waals surface area contributed by atoms with Crippen LogP contribution in [0, 0.1) is 0 Å². The Kier molecular flexibility index (Phi) is 2.30. The monoisotopic (exact) mass is 196 g/mol. The molecule has 0 aromatic rings. The van der Waals surface area contributed by atoms with E-state index in [0.29, 0.717) is 6.04 Å². The maximum Gasteiger partial charge on any atom is 0.219 e. The maximum atomic E-state index is 11.4. The number of nitrogens with zero attached hydrogens (tertiary/aromatic N) is 2. The van der Waals surface area contributed by atoms with Crippen LogP contribution in [0.1, 0.15) is 33.6 Å². The Bertz CT molecular complexity index is 250. The highest BCUT2D eigenvalue weighted by Gasteiger charge is 2.42. The minimum atomic E-state index is 0.172. The van der Waals surface area contributed by atoms with Crippen molar-refractivity contribution in [1.29, 1.82) is 0 Å². The van der Waals surface area contributed by atoms with E-state index in [1.807, 2.05) is 4.90 Å². The van der Waals surface area contributed by atoms with Crippen LogP contribution in [0.25, 0.3) is 0 Å². The Labute approximate surface area is 86.1 Å². The molecule has 80 valence electrons. The van der Waals surface area contributed by atoms with Gasteiger partial charge in [-0.15, -0.1) is 0 Å². The van der Waals surface area contributed by atoms with E-state index in [1.54, 1.807) is 6.92 Å². The van der Waals surface area contributed by atoms with Crippen molar-refractivity contribution in [3.63, 3.8) is 0 Å². The first kappa shape index (κ1) is 9.97. The summed E-state index contributed by atoms with van der Waals surface area (Å²) in [6.45, 7) is 9.22. The summed E-state index contributed by atoms with van der Waals surface area (Å²) in [5, 5.41) is 0. The molecule has 3 nitrogen and oxygen atoms in total. The Morgan fingerprint density at radius 3 is 2.79 bits per heavy atom. The van der Waals surface area contributed by atoms with Gasteiger partial charge in [-0.1, -0.05) is 0 Å². The van der Waals surface area contributed by atoms with Crippen LogP contribution in [-0.2, 0) is 4.79 Å². The fourth-order valence-corrected chi connectivity index (χ4v) is 2.94. The number of fused-ring (bicyclic) bond motifs is 1. The molecule has 0 N–H and O–H groups in total. The van der Waals surface area contributed by atoms with Crippen molar-refractivity contribution < 1.29 is 4.79 Å². The normalized spacial score (nSPS) is 31.6. The van der Waals surface area contributed by atoms with Gasteiger partial charge in [-0.2, -0.15) is 0 Å². The van der Waals surface area contributed by atoms with Crippen LogP contribution in [0.15, 0.2) is 0 Å². The summed E-state index contributed by atoms with van der Waals surface area (Å²) in [5.74, 6) is 0.227. The molecule has 0 aliphatic carbocycles. The molecule has 2 saturated heterocycles. The third-order valence-electron chi connectivity index (χ3n) is 3.61. The summed E-state index contributed by atoms with van der Waals surface area (Å²) in [5.41, 5.74) is 0.172. The zero-order valence-corrected chi connectivity index (χ0v) is 9.42. The van der Waals surface area contributed by atoms with E-state index in [0.717, 1.165) is 13.1 Å². The third kappa shape index (κ3) is 1.54. The zero-order chi connectivity index (χ0) is 10.3. The second-order valence-corrected chi connectivity index (χ2v) is 5.20. The molecule has 0 saturated carbocycles. The minimum absolute atomic E-state index is 0.172. The Morgan fingerprint density at radius 1 is 1.43 bits per heavy atom. The molecular formula is C11H20N2O. The highest BCUT2D eigenvalue weighted by Crippen LogP contribution is 2.31. The van der Waals surface area contributed by atoms with Gasteiger partial charge in [0.05, 0.1) is 0 Å². The Balaban J connectivity index is 2.16. The van der Waals surface area contributed by atoms with Crippen molar-refractivity contribution >= 4 is 5.91 Å². The molecule has 14 heavy (non-hydrogen) atoms. The number of amides is 1. The molecule has 2 aliphatic rings. The molecule has 0 radical (unpaired) electrons. The lowest BCUT2D eigenvalue weighted by Crippen LogP contribution is -2.62. The number of rotatable bonds is 0. The largest absolute Gasteiger partial charge is 0.340 e. The van der Waals surface area contributed by atoms with E-state index in [9.17, 15) is 4.79 Å². The number of carbonyl (C=O) groups is 1. The van der Waals surface area contributed by atoms with Crippen LogP contribution in [0.2, 0.25) is 0 Å². The van der Waals surface area contributed by atoms with E-state index in [2.05, 4.69) is 18.7 Å². The fraction of sp³-hybridized carbons (Fsp3) is 0.909. The molecule has 0 spiro atoms. The van der Waals surface area contributed by atoms with Gasteiger partial charge >= 0.3 is 0 Å². The van der Waals surface area contributed by atoms with Gasteiger partial charge in [0.1, 0.15) is 0 Å². The van der Waals surface area contributed by atoms with Crippen molar-refractivity contribution in [3.05, 3.63) is 0 Å². The average molecular weight is 196 g/mol. The number of piperazine rings is 1. The summed E-state index contributed by atoms with van der Waals surface area (Å²) < 4.78 is 0. The number of carbonyl (C=O) groups excluding carboxylic acids is 1. The van der Waals surface area contributed by atoms with Gasteiger partial charge in [0.15, 0.2) is 0 Å². The van der Waals surface area contributed by atoms with Crippen LogP contribution in [0.3, 0.4) is 0 Å². The van der Waals surface area contributed by atoms with Crippen molar-refractivity contribution in [1.82, 2.24) is 9.80 Å². The second-order valence-electron chi connectivity index (χ2n) is 5.20. The number of hydrogen-bond donors (Lipinski definition) is 0. The first-order valence-corrected chi connectivity index (χ1v) is 5.53. The van der Waals surface area contributed by atoms with Crippen molar-refractivity contribution in [2.45, 2.75) is 45.2 Å². The summed E-state index contributed by atoms with van der Waals surface area (Å²) >= 11 is 0. The molecule has 0 aromatic heterocycles. The van der Waals surface area contributed by atoms with Crippen LogP contribution in [0.4, 0.5) is 0 Å². The highest BCUT2D eigenvalue weighted by atomic mass is 16.2. The quantitative estimate of drug-likeness (QED) is 0.579. The van der Waals surface area contributed by atoms with E-state index >= 15 is 0 Å². The molecule has 1 amide bonds. The lowest BCUT2D eigenvalue weighted by molar-refractivity contribution is -0.135. The second kappa shape index (κ2) is 3.23. The first-order valence-electron chi connectivity index (χ1n) is 5.53. The minimum Gasteiger partial charge on any atom is -0.340 e. The summed E-state index contributed by atoms with van der Waals surface area (Å²) in [6.07, 6.45) is 2.55. The highest BCUT2D eigenvalue weighted by molar-refractivity contribution is 5.73. The van der Waals surface area contributed by atoms with Crippen LogP contribution < -0.4 is 0 Å². The Morgan fingerprint density at radius 2 is 2.14 bits per heavy atom. The molecule has 3 heteroatoms. The van der Waals surface area contributed by atoms with Gasteiger partial charge in [0, 0.05) is 31.6 Å². The Hall–Kier alpha value is -0.570. The summed E-state index contributed by atoms with van der Waals surface area (Å²) in [7, 11) is 0. The molecule has 1 atom stereocenters. The molecule has 1 unspecified atom stereocenters. The predicted octanol–water partition coefficient (Wildman–Crippen LogP) is 1.09. The SMILES string of the molecule is CC(=O)N1CC2CCCN2C(C)(C)C1.